The van der Waals surface area contributed by atoms with Crippen LogP contribution in [0.15, 0.2) is 11.8 Å². The highest BCUT2D eigenvalue weighted by Crippen LogP contribution is 2.08. The summed E-state index contributed by atoms with van der Waals surface area (Å²) >= 11 is 5.25. The zero-order valence-electron chi connectivity index (χ0n) is 9.04. The molecule has 0 aliphatic heterocycles. The Labute approximate surface area is 93.9 Å². The lowest BCUT2D eigenvalue weighted by Crippen LogP contribution is -2.25. The molecule has 0 unspecified atom stereocenters. The molecular formula is C10H15ClO4. The van der Waals surface area contributed by atoms with Crippen molar-refractivity contribution in [2.24, 2.45) is 0 Å². The fraction of sp³-hybridized carbons (Fsp3) is 0.600. The van der Waals surface area contributed by atoms with Crippen molar-refractivity contribution in [3.8, 4) is 0 Å². The van der Waals surface area contributed by atoms with E-state index in [1.807, 2.05) is 0 Å². The van der Waals surface area contributed by atoms with E-state index in [2.05, 4.69) is 0 Å². The summed E-state index contributed by atoms with van der Waals surface area (Å²) in [6.07, 6.45) is 0.537. The molecule has 0 rings (SSSR count). The molecule has 86 valence electrons. The maximum absolute atomic E-state index is 11.2. The molecule has 15 heavy (non-hydrogen) atoms. The van der Waals surface area contributed by atoms with Crippen LogP contribution >= 0.6 is 11.6 Å². The van der Waals surface area contributed by atoms with Gasteiger partial charge in [0.05, 0.1) is 5.88 Å². The van der Waals surface area contributed by atoms with Gasteiger partial charge in [-0.2, -0.15) is 0 Å². The average Bonchev–Trinajstić information content (AvgIpc) is 1.99. The second kappa shape index (κ2) is 5.75. The minimum Gasteiger partial charge on any atom is -0.511 e. The van der Waals surface area contributed by atoms with Gasteiger partial charge in [-0.05, 0) is 20.8 Å². The number of rotatable bonds is 4. The number of aliphatic hydroxyl groups excluding tert-OH is 1. The molecule has 0 aliphatic carbocycles. The van der Waals surface area contributed by atoms with Gasteiger partial charge in [-0.3, -0.25) is 9.59 Å². The van der Waals surface area contributed by atoms with E-state index >= 15 is 0 Å². The Balaban J connectivity index is 4.15. The van der Waals surface area contributed by atoms with Gasteiger partial charge in [0.15, 0.2) is 5.78 Å². The number of carbonyl (C=O) groups excluding carboxylic acids is 2. The summed E-state index contributed by atoms with van der Waals surface area (Å²) in [6.45, 7) is 5.13. The first-order valence-electron chi connectivity index (χ1n) is 4.45. The highest BCUT2D eigenvalue weighted by atomic mass is 35.5. The fourth-order valence-corrected chi connectivity index (χ4v) is 0.872. The van der Waals surface area contributed by atoms with Gasteiger partial charge in [0.2, 0.25) is 0 Å². The van der Waals surface area contributed by atoms with Crippen molar-refractivity contribution in [3.63, 3.8) is 0 Å². The molecule has 0 saturated carbocycles. The molecule has 1 N–H and O–H groups in total. The van der Waals surface area contributed by atoms with Crippen molar-refractivity contribution in [1.82, 2.24) is 0 Å². The molecule has 0 amide bonds. The van der Waals surface area contributed by atoms with Crippen molar-refractivity contribution in [2.45, 2.75) is 32.8 Å². The van der Waals surface area contributed by atoms with Crippen LogP contribution in [0.25, 0.3) is 0 Å². The van der Waals surface area contributed by atoms with E-state index in [0.717, 1.165) is 6.08 Å². The Morgan fingerprint density at radius 3 is 2.33 bits per heavy atom. The molecule has 0 aromatic rings. The zero-order valence-corrected chi connectivity index (χ0v) is 9.80. The van der Waals surface area contributed by atoms with Crippen molar-refractivity contribution in [1.29, 1.82) is 0 Å². The van der Waals surface area contributed by atoms with Crippen molar-refractivity contribution in [3.05, 3.63) is 11.8 Å². The van der Waals surface area contributed by atoms with E-state index in [1.54, 1.807) is 20.8 Å². The number of hydrogen-bond acceptors (Lipinski definition) is 4. The number of alkyl halides is 1. The number of ether oxygens (including phenoxy) is 1. The van der Waals surface area contributed by atoms with Gasteiger partial charge in [0.25, 0.3) is 0 Å². The smallest absolute Gasteiger partial charge is 0.314 e. The summed E-state index contributed by atoms with van der Waals surface area (Å²) in [5, 5.41) is 8.93. The third-order valence-corrected chi connectivity index (χ3v) is 1.48. The van der Waals surface area contributed by atoms with E-state index < -0.39 is 23.8 Å². The standard InChI is InChI=1S/C10H15ClO4/c1-10(2,3)15-9(14)5-7(12)4-8(13)6-11/h4,13H,5-6H2,1-3H3. The Hall–Kier alpha value is -1.03. The third kappa shape index (κ3) is 8.00. The molecule has 0 heterocycles. The van der Waals surface area contributed by atoms with Crippen LogP contribution < -0.4 is 0 Å². The fourth-order valence-electron chi connectivity index (χ4n) is 0.795. The number of ketones is 1. The van der Waals surface area contributed by atoms with Gasteiger partial charge in [-0.15, -0.1) is 11.6 Å². The molecule has 0 aromatic carbocycles. The monoisotopic (exact) mass is 234 g/mol. The third-order valence-electron chi connectivity index (χ3n) is 1.20. The maximum atomic E-state index is 11.2. The Kier molecular flexibility index (Phi) is 5.36. The summed E-state index contributed by atoms with van der Waals surface area (Å²) in [5.74, 6) is -1.56. The lowest BCUT2D eigenvalue weighted by atomic mass is 10.2. The van der Waals surface area contributed by atoms with E-state index in [4.69, 9.17) is 21.4 Å². The van der Waals surface area contributed by atoms with Crippen LogP contribution in [-0.4, -0.2) is 28.3 Å². The molecule has 0 aliphatic rings. The number of esters is 1. The summed E-state index contributed by atoms with van der Waals surface area (Å²) in [7, 11) is 0. The quantitative estimate of drug-likeness (QED) is 0.266. The molecule has 0 atom stereocenters. The summed E-state index contributed by atoms with van der Waals surface area (Å²) < 4.78 is 4.92. The Morgan fingerprint density at radius 2 is 1.93 bits per heavy atom. The van der Waals surface area contributed by atoms with Crippen LogP contribution in [0.1, 0.15) is 27.2 Å². The van der Waals surface area contributed by atoms with E-state index in [-0.39, 0.29) is 11.6 Å². The predicted molar refractivity (Wildman–Crippen MR) is 56.9 cm³/mol. The highest BCUT2D eigenvalue weighted by molar-refractivity contribution is 6.19. The van der Waals surface area contributed by atoms with Crippen molar-refractivity contribution >= 4 is 23.4 Å². The minimum absolute atomic E-state index is 0.153. The summed E-state index contributed by atoms with van der Waals surface area (Å²) in [4.78, 5) is 22.3. The van der Waals surface area contributed by atoms with Crippen molar-refractivity contribution in [2.75, 3.05) is 5.88 Å². The highest BCUT2D eigenvalue weighted by Gasteiger charge is 2.18. The molecule has 0 fully saturated rings. The number of hydrogen-bond donors (Lipinski definition) is 1. The second-order valence-corrected chi connectivity index (χ2v) is 4.27. The second-order valence-electron chi connectivity index (χ2n) is 4.00. The van der Waals surface area contributed by atoms with E-state index in [0.29, 0.717) is 0 Å². The van der Waals surface area contributed by atoms with Crippen molar-refractivity contribution < 1.29 is 19.4 Å². The summed E-state index contributed by atoms with van der Waals surface area (Å²) in [5.41, 5.74) is -0.615. The van der Waals surface area contributed by atoms with Gasteiger partial charge >= 0.3 is 5.97 Å². The topological polar surface area (TPSA) is 63.6 Å². The molecule has 0 radical (unpaired) electrons. The van der Waals surface area contributed by atoms with Gasteiger partial charge in [-0.25, -0.2) is 0 Å². The minimum atomic E-state index is -0.619. The first-order valence-corrected chi connectivity index (χ1v) is 4.98. The van der Waals surface area contributed by atoms with Crippen LogP contribution in [-0.2, 0) is 14.3 Å². The lowest BCUT2D eigenvalue weighted by Gasteiger charge is -2.18. The first kappa shape index (κ1) is 14.0. The van der Waals surface area contributed by atoms with Gasteiger partial charge in [0, 0.05) is 6.08 Å². The number of carbonyl (C=O) groups is 2. The maximum Gasteiger partial charge on any atom is 0.314 e. The van der Waals surface area contributed by atoms with Crippen LogP contribution in [0.2, 0.25) is 0 Å². The van der Waals surface area contributed by atoms with Gasteiger partial charge < -0.3 is 9.84 Å². The first-order chi connectivity index (χ1) is 6.74. The molecule has 0 spiro atoms. The molecular weight excluding hydrogens is 220 g/mol. The van der Waals surface area contributed by atoms with E-state index in [9.17, 15) is 9.59 Å². The largest absolute Gasteiger partial charge is 0.511 e. The Bertz CT molecular complexity index is 276. The normalized spacial score (nSPS) is 12.4. The van der Waals surface area contributed by atoms with Crippen LogP contribution in [0.4, 0.5) is 0 Å². The molecule has 4 nitrogen and oxygen atoms in total. The number of halogens is 1. The van der Waals surface area contributed by atoms with Crippen LogP contribution in [0, 0.1) is 0 Å². The molecule has 0 aromatic heterocycles. The van der Waals surface area contributed by atoms with Crippen LogP contribution in [0.3, 0.4) is 0 Å². The van der Waals surface area contributed by atoms with Gasteiger partial charge in [0.1, 0.15) is 17.8 Å². The molecule has 5 heteroatoms. The van der Waals surface area contributed by atoms with Crippen LogP contribution in [0.5, 0.6) is 0 Å². The average molecular weight is 235 g/mol. The SMILES string of the molecule is CC(C)(C)OC(=O)CC(=O)C=C(O)CCl. The zero-order chi connectivity index (χ0) is 12.1. The number of allylic oxidation sites excluding steroid dienone is 2. The summed E-state index contributed by atoms with van der Waals surface area (Å²) in [6, 6.07) is 0. The molecule has 0 saturated heterocycles. The lowest BCUT2D eigenvalue weighted by molar-refractivity contribution is -0.155. The Morgan fingerprint density at radius 1 is 1.40 bits per heavy atom. The molecule has 0 bridgehead atoms. The van der Waals surface area contributed by atoms with E-state index in [1.165, 1.54) is 0 Å². The van der Waals surface area contributed by atoms with Gasteiger partial charge in [-0.1, -0.05) is 0 Å². The number of aliphatic hydroxyl groups is 1. The predicted octanol–water partition coefficient (Wildman–Crippen LogP) is 1.97.